The van der Waals surface area contributed by atoms with Crippen LogP contribution in [0.5, 0.6) is 0 Å². The summed E-state index contributed by atoms with van der Waals surface area (Å²) in [5, 5.41) is 9.81. The molecule has 1 aliphatic carbocycles. The van der Waals surface area contributed by atoms with Crippen LogP contribution in [-0.2, 0) is 0 Å². The Balaban J connectivity index is 2.11. The molecule has 1 aliphatic heterocycles. The summed E-state index contributed by atoms with van der Waals surface area (Å²) in [6.45, 7) is 9.04. The zero-order valence-electron chi connectivity index (χ0n) is 10.1. The van der Waals surface area contributed by atoms with E-state index in [1.54, 1.807) is 0 Å². The van der Waals surface area contributed by atoms with Crippen LogP contribution >= 0.6 is 0 Å². The van der Waals surface area contributed by atoms with Crippen LogP contribution in [0, 0.1) is 11.3 Å². The molecule has 0 amide bonds. The Morgan fingerprint density at radius 1 is 1.47 bits per heavy atom. The predicted octanol–water partition coefficient (Wildman–Crippen LogP) is 0.815. The molecule has 3 nitrogen and oxygen atoms in total. The minimum Gasteiger partial charge on any atom is -0.391 e. The van der Waals surface area contributed by atoms with Gasteiger partial charge in [-0.1, -0.05) is 20.8 Å². The van der Waals surface area contributed by atoms with Crippen molar-refractivity contribution in [2.24, 2.45) is 17.1 Å². The Bertz CT molecular complexity index is 232. The van der Waals surface area contributed by atoms with Crippen molar-refractivity contribution in [2.45, 2.75) is 51.8 Å². The van der Waals surface area contributed by atoms with Crippen LogP contribution < -0.4 is 5.73 Å². The molecule has 4 atom stereocenters. The second-order valence-corrected chi connectivity index (χ2v) is 5.75. The second-order valence-electron chi connectivity index (χ2n) is 5.75. The maximum atomic E-state index is 9.81. The van der Waals surface area contributed by atoms with Crippen molar-refractivity contribution in [1.82, 2.24) is 4.90 Å². The van der Waals surface area contributed by atoms with Gasteiger partial charge in [0.15, 0.2) is 0 Å². The fraction of sp³-hybridized carbons (Fsp3) is 1.00. The number of likely N-dealkylation sites (tertiary alicyclic amines) is 1. The topological polar surface area (TPSA) is 49.5 Å². The summed E-state index contributed by atoms with van der Waals surface area (Å²) in [6.07, 6.45) is 1.64. The fourth-order valence-electron chi connectivity index (χ4n) is 3.94. The molecule has 0 radical (unpaired) electrons. The number of hydrogen-bond acceptors (Lipinski definition) is 3. The summed E-state index contributed by atoms with van der Waals surface area (Å²) in [5.74, 6) is 0.663. The highest BCUT2D eigenvalue weighted by Crippen LogP contribution is 2.52. The number of nitrogens with zero attached hydrogens (tertiary/aromatic N) is 1. The number of nitrogens with two attached hydrogens (primary N) is 1. The monoisotopic (exact) mass is 212 g/mol. The van der Waals surface area contributed by atoms with Crippen LogP contribution in [0.15, 0.2) is 0 Å². The summed E-state index contributed by atoms with van der Waals surface area (Å²) < 4.78 is 0. The van der Waals surface area contributed by atoms with E-state index in [-0.39, 0.29) is 12.1 Å². The third kappa shape index (κ3) is 1.61. The van der Waals surface area contributed by atoms with Gasteiger partial charge in [0, 0.05) is 24.0 Å². The van der Waals surface area contributed by atoms with Crippen molar-refractivity contribution in [3.05, 3.63) is 0 Å². The summed E-state index contributed by atoms with van der Waals surface area (Å²) in [5.41, 5.74) is 6.27. The highest BCUT2D eigenvalue weighted by Gasteiger charge is 2.57. The Morgan fingerprint density at radius 3 is 2.53 bits per heavy atom. The van der Waals surface area contributed by atoms with E-state index in [1.807, 2.05) is 0 Å². The molecular weight excluding hydrogens is 188 g/mol. The van der Waals surface area contributed by atoms with Crippen molar-refractivity contribution in [3.63, 3.8) is 0 Å². The van der Waals surface area contributed by atoms with Gasteiger partial charge in [0.1, 0.15) is 0 Å². The molecule has 3 N–H and O–H groups in total. The van der Waals surface area contributed by atoms with E-state index in [0.717, 1.165) is 25.9 Å². The molecule has 88 valence electrons. The molecule has 15 heavy (non-hydrogen) atoms. The molecule has 3 heteroatoms. The SMILES string of the molecule is CCN1CC2(CC(N)C(O)C2)C1C(C)C. The van der Waals surface area contributed by atoms with Gasteiger partial charge in [-0.05, 0) is 25.3 Å². The van der Waals surface area contributed by atoms with Crippen LogP contribution in [0.25, 0.3) is 0 Å². The fourth-order valence-corrected chi connectivity index (χ4v) is 3.94. The minimum absolute atomic E-state index is 0.00487. The van der Waals surface area contributed by atoms with Gasteiger partial charge in [-0.3, -0.25) is 4.90 Å². The average Bonchev–Trinajstić information content (AvgIpc) is 2.40. The quantitative estimate of drug-likeness (QED) is 0.712. The normalized spacial score (nSPS) is 46.4. The Kier molecular flexibility index (Phi) is 2.82. The maximum absolute atomic E-state index is 9.81. The minimum atomic E-state index is -0.273. The molecule has 2 rings (SSSR count). The van der Waals surface area contributed by atoms with Crippen molar-refractivity contribution >= 4 is 0 Å². The number of aliphatic hydroxyl groups excluding tert-OH is 1. The lowest BCUT2D eigenvalue weighted by Gasteiger charge is -2.58. The smallest absolute Gasteiger partial charge is 0.0697 e. The molecule has 4 unspecified atom stereocenters. The van der Waals surface area contributed by atoms with Crippen LogP contribution in [-0.4, -0.2) is 41.3 Å². The van der Waals surface area contributed by atoms with E-state index in [9.17, 15) is 5.11 Å². The molecule has 0 bridgehead atoms. The first-order chi connectivity index (χ1) is 7.00. The van der Waals surface area contributed by atoms with E-state index in [1.165, 1.54) is 0 Å². The van der Waals surface area contributed by atoms with Crippen LogP contribution in [0.4, 0.5) is 0 Å². The van der Waals surface area contributed by atoms with E-state index < -0.39 is 0 Å². The molecule has 1 saturated heterocycles. The summed E-state index contributed by atoms with van der Waals surface area (Å²) in [4.78, 5) is 2.52. The van der Waals surface area contributed by atoms with Gasteiger partial charge in [0.05, 0.1) is 6.10 Å². The number of aliphatic hydroxyl groups is 1. The van der Waals surface area contributed by atoms with Crippen molar-refractivity contribution < 1.29 is 5.11 Å². The Labute approximate surface area is 92.6 Å². The first-order valence-corrected chi connectivity index (χ1v) is 6.18. The summed E-state index contributed by atoms with van der Waals surface area (Å²) >= 11 is 0. The molecule has 2 fully saturated rings. The van der Waals surface area contributed by atoms with Crippen molar-refractivity contribution in [1.29, 1.82) is 0 Å². The number of hydrogen-bond donors (Lipinski definition) is 2. The van der Waals surface area contributed by atoms with Gasteiger partial charge < -0.3 is 10.8 Å². The highest BCUT2D eigenvalue weighted by atomic mass is 16.3. The Morgan fingerprint density at radius 2 is 2.13 bits per heavy atom. The third-order valence-corrected chi connectivity index (χ3v) is 4.33. The van der Waals surface area contributed by atoms with E-state index in [0.29, 0.717) is 17.4 Å². The molecule has 0 aromatic rings. The molecule has 2 aliphatic rings. The van der Waals surface area contributed by atoms with Gasteiger partial charge in [-0.25, -0.2) is 0 Å². The van der Waals surface area contributed by atoms with Crippen molar-refractivity contribution in [2.75, 3.05) is 13.1 Å². The number of rotatable bonds is 2. The van der Waals surface area contributed by atoms with Gasteiger partial charge in [-0.2, -0.15) is 0 Å². The van der Waals surface area contributed by atoms with E-state index >= 15 is 0 Å². The first kappa shape index (κ1) is 11.4. The zero-order valence-corrected chi connectivity index (χ0v) is 10.1. The maximum Gasteiger partial charge on any atom is 0.0697 e. The van der Waals surface area contributed by atoms with E-state index in [4.69, 9.17) is 5.73 Å². The molecular formula is C12H24N2O. The van der Waals surface area contributed by atoms with Gasteiger partial charge in [0.2, 0.25) is 0 Å². The highest BCUT2D eigenvalue weighted by molar-refractivity contribution is 5.11. The molecule has 0 aromatic heterocycles. The summed E-state index contributed by atoms with van der Waals surface area (Å²) in [6, 6.07) is 0.635. The zero-order chi connectivity index (χ0) is 11.2. The molecule has 0 aromatic carbocycles. The van der Waals surface area contributed by atoms with Crippen LogP contribution in [0.1, 0.15) is 33.6 Å². The Hall–Kier alpha value is -0.120. The summed E-state index contributed by atoms with van der Waals surface area (Å²) in [7, 11) is 0. The van der Waals surface area contributed by atoms with E-state index in [2.05, 4.69) is 25.7 Å². The third-order valence-electron chi connectivity index (χ3n) is 4.33. The lowest BCUT2D eigenvalue weighted by atomic mass is 9.65. The lowest BCUT2D eigenvalue weighted by Crippen LogP contribution is -2.65. The van der Waals surface area contributed by atoms with Gasteiger partial charge >= 0.3 is 0 Å². The average molecular weight is 212 g/mol. The first-order valence-electron chi connectivity index (χ1n) is 6.18. The molecule has 1 saturated carbocycles. The predicted molar refractivity (Wildman–Crippen MR) is 61.5 cm³/mol. The largest absolute Gasteiger partial charge is 0.391 e. The van der Waals surface area contributed by atoms with Crippen LogP contribution in [0.3, 0.4) is 0 Å². The van der Waals surface area contributed by atoms with Gasteiger partial charge in [0.25, 0.3) is 0 Å². The second kappa shape index (κ2) is 3.72. The molecule has 1 heterocycles. The lowest BCUT2D eigenvalue weighted by molar-refractivity contribution is -0.0962. The van der Waals surface area contributed by atoms with Crippen LogP contribution in [0.2, 0.25) is 0 Å². The van der Waals surface area contributed by atoms with Gasteiger partial charge in [-0.15, -0.1) is 0 Å². The molecule has 1 spiro atoms. The van der Waals surface area contributed by atoms with Crippen molar-refractivity contribution in [3.8, 4) is 0 Å². The standard InChI is InChI=1S/C12H24N2O/c1-4-14-7-12(11(14)8(2)3)5-9(13)10(15)6-12/h8-11,15H,4-7,13H2,1-3H3.